The molecule has 0 spiro atoms. The molecule has 0 saturated carbocycles. The Morgan fingerprint density at radius 2 is 1.86 bits per heavy atom. The first-order valence-electron chi connectivity index (χ1n) is 11.7. The van der Waals surface area contributed by atoms with Gasteiger partial charge in [0.1, 0.15) is 24.1 Å². The number of carbonyl (C=O) groups excluding carboxylic acids is 1. The molecule has 1 saturated heterocycles. The van der Waals surface area contributed by atoms with Gasteiger partial charge in [0, 0.05) is 17.4 Å². The molecule has 9 heteroatoms. The molecule has 186 valence electrons. The van der Waals surface area contributed by atoms with Crippen molar-refractivity contribution in [1.82, 2.24) is 15.2 Å². The Bertz CT molecular complexity index is 1460. The highest BCUT2D eigenvalue weighted by atomic mass is 32.1. The van der Waals surface area contributed by atoms with Gasteiger partial charge in [-0.1, -0.05) is 30.3 Å². The number of hydrogen-bond acceptors (Lipinski definition) is 5. The lowest BCUT2D eigenvalue weighted by molar-refractivity contribution is -0.116. The Kier molecular flexibility index (Phi) is 6.70. The quantitative estimate of drug-likeness (QED) is 0.298. The molecule has 1 aliphatic heterocycles. The van der Waals surface area contributed by atoms with Gasteiger partial charge in [-0.3, -0.25) is 9.78 Å². The molecular formula is C28H24N4O4S. The molecule has 5 rings (SSSR count). The summed E-state index contributed by atoms with van der Waals surface area (Å²) in [6.45, 7) is 1.85. The van der Waals surface area contributed by atoms with Crippen LogP contribution < -0.4 is 10.6 Å². The van der Waals surface area contributed by atoms with Gasteiger partial charge < -0.3 is 25.1 Å². The number of thiocarbonyl (C=S) groups is 1. The van der Waals surface area contributed by atoms with Gasteiger partial charge >= 0.3 is 5.97 Å². The van der Waals surface area contributed by atoms with Crippen molar-refractivity contribution < 1.29 is 19.1 Å². The molecule has 2 aromatic heterocycles. The summed E-state index contributed by atoms with van der Waals surface area (Å²) >= 11 is 5.65. The van der Waals surface area contributed by atoms with Crippen LogP contribution in [0.4, 0.5) is 5.69 Å². The second kappa shape index (κ2) is 10.2. The van der Waals surface area contributed by atoms with E-state index >= 15 is 0 Å². The number of furan rings is 1. The Morgan fingerprint density at radius 1 is 1.08 bits per heavy atom. The summed E-state index contributed by atoms with van der Waals surface area (Å²) in [6.07, 6.45) is 1.71. The van der Waals surface area contributed by atoms with Gasteiger partial charge in [-0.25, -0.2) is 4.79 Å². The van der Waals surface area contributed by atoms with Crippen molar-refractivity contribution in [3.63, 3.8) is 0 Å². The number of hydrogen-bond donors (Lipinski definition) is 3. The molecule has 0 aliphatic carbocycles. The predicted octanol–water partition coefficient (Wildman–Crippen LogP) is 4.96. The number of anilines is 1. The molecule has 1 aliphatic rings. The van der Waals surface area contributed by atoms with Crippen molar-refractivity contribution >= 4 is 34.9 Å². The van der Waals surface area contributed by atoms with Crippen molar-refractivity contribution in [3.8, 4) is 11.3 Å². The number of amides is 1. The van der Waals surface area contributed by atoms with Crippen molar-refractivity contribution in [3.05, 3.63) is 108 Å². The number of para-hydroxylation sites is 1. The van der Waals surface area contributed by atoms with Gasteiger partial charge in [-0.15, -0.1) is 0 Å². The zero-order valence-electron chi connectivity index (χ0n) is 19.9. The van der Waals surface area contributed by atoms with Crippen LogP contribution in [0.3, 0.4) is 0 Å². The number of carboxylic acids is 1. The van der Waals surface area contributed by atoms with Crippen LogP contribution >= 0.6 is 12.2 Å². The van der Waals surface area contributed by atoms with E-state index in [1.54, 1.807) is 29.3 Å². The van der Waals surface area contributed by atoms with Gasteiger partial charge in [-0.2, -0.15) is 0 Å². The Balaban J connectivity index is 1.47. The van der Waals surface area contributed by atoms with Gasteiger partial charge in [0.25, 0.3) is 0 Å². The van der Waals surface area contributed by atoms with E-state index in [2.05, 4.69) is 15.6 Å². The monoisotopic (exact) mass is 512 g/mol. The molecule has 0 unspecified atom stereocenters. The number of carbonyl (C=O) groups is 2. The second-order valence-electron chi connectivity index (χ2n) is 8.71. The van der Waals surface area contributed by atoms with Crippen molar-refractivity contribution in [2.45, 2.75) is 19.0 Å². The van der Waals surface area contributed by atoms with Crippen molar-refractivity contribution in [2.24, 2.45) is 0 Å². The fourth-order valence-corrected chi connectivity index (χ4v) is 4.80. The number of benzene rings is 2. The van der Waals surface area contributed by atoms with Crippen LogP contribution in [0.1, 0.15) is 39.5 Å². The Labute approximate surface area is 219 Å². The van der Waals surface area contributed by atoms with Gasteiger partial charge in [-0.05, 0) is 73.2 Å². The molecule has 0 radical (unpaired) electrons. The SMILES string of the molecule is Cc1cc(C(=O)O)ccc1-c1ccc([C@H]2[C@H](c3ccccn3)NC(=S)N2CC(=O)Nc2ccccc2)o1. The van der Waals surface area contributed by atoms with Crippen LogP contribution in [0.25, 0.3) is 11.3 Å². The number of nitrogens with zero attached hydrogens (tertiary/aromatic N) is 2. The molecule has 3 N–H and O–H groups in total. The zero-order valence-corrected chi connectivity index (χ0v) is 20.7. The number of rotatable bonds is 7. The lowest BCUT2D eigenvalue weighted by Crippen LogP contribution is -2.36. The van der Waals surface area contributed by atoms with Crippen LogP contribution in [-0.2, 0) is 4.79 Å². The van der Waals surface area contributed by atoms with E-state index in [4.69, 9.17) is 16.6 Å². The third-order valence-electron chi connectivity index (χ3n) is 6.23. The summed E-state index contributed by atoms with van der Waals surface area (Å²) in [6, 6.07) is 22.7. The highest BCUT2D eigenvalue weighted by molar-refractivity contribution is 7.80. The number of pyridine rings is 1. The smallest absolute Gasteiger partial charge is 0.335 e. The fraction of sp³-hybridized carbons (Fsp3) is 0.143. The average molecular weight is 513 g/mol. The first-order chi connectivity index (χ1) is 17.9. The molecule has 37 heavy (non-hydrogen) atoms. The van der Waals surface area contributed by atoms with E-state index in [9.17, 15) is 14.7 Å². The summed E-state index contributed by atoms with van der Waals surface area (Å²) in [7, 11) is 0. The van der Waals surface area contributed by atoms with Crippen LogP contribution in [0.15, 0.2) is 89.5 Å². The first kappa shape index (κ1) is 24.2. The summed E-state index contributed by atoms with van der Waals surface area (Å²) in [4.78, 5) is 30.6. The highest BCUT2D eigenvalue weighted by Crippen LogP contribution is 2.40. The van der Waals surface area contributed by atoms with E-state index < -0.39 is 12.0 Å². The minimum absolute atomic E-state index is 0.0110. The van der Waals surface area contributed by atoms with E-state index in [1.807, 2.05) is 67.6 Å². The largest absolute Gasteiger partial charge is 0.478 e. The molecule has 3 heterocycles. The van der Waals surface area contributed by atoms with E-state index in [0.717, 1.165) is 16.8 Å². The first-order valence-corrected chi connectivity index (χ1v) is 12.1. The number of aromatic carboxylic acids is 1. The zero-order chi connectivity index (χ0) is 25.9. The third-order valence-corrected chi connectivity index (χ3v) is 6.58. The van der Waals surface area contributed by atoms with Gasteiger partial charge in [0.05, 0.1) is 17.3 Å². The second-order valence-corrected chi connectivity index (χ2v) is 9.09. The third kappa shape index (κ3) is 5.07. The topological polar surface area (TPSA) is 108 Å². The molecule has 8 nitrogen and oxygen atoms in total. The number of aromatic nitrogens is 1. The molecule has 2 aromatic carbocycles. The maximum atomic E-state index is 13.0. The normalized spacial score (nSPS) is 16.9. The van der Waals surface area contributed by atoms with Crippen LogP contribution in [0, 0.1) is 6.92 Å². The minimum Gasteiger partial charge on any atom is -0.478 e. The molecule has 0 bridgehead atoms. The number of aryl methyl sites for hydroxylation is 1. The van der Waals surface area contributed by atoms with E-state index in [1.165, 1.54) is 0 Å². The van der Waals surface area contributed by atoms with Crippen LogP contribution in [-0.4, -0.2) is 38.5 Å². The highest BCUT2D eigenvalue weighted by Gasteiger charge is 2.42. The predicted molar refractivity (Wildman–Crippen MR) is 143 cm³/mol. The van der Waals surface area contributed by atoms with Crippen molar-refractivity contribution in [2.75, 3.05) is 11.9 Å². The van der Waals surface area contributed by atoms with Crippen LogP contribution in [0.2, 0.25) is 0 Å². The van der Waals surface area contributed by atoms with E-state index in [0.29, 0.717) is 22.3 Å². The van der Waals surface area contributed by atoms with Gasteiger partial charge in [0.2, 0.25) is 5.91 Å². The molecule has 1 amide bonds. The van der Waals surface area contributed by atoms with Gasteiger partial charge in [0.15, 0.2) is 5.11 Å². The Morgan fingerprint density at radius 3 is 2.57 bits per heavy atom. The van der Waals surface area contributed by atoms with E-state index in [-0.39, 0.29) is 24.1 Å². The minimum atomic E-state index is -0.983. The maximum Gasteiger partial charge on any atom is 0.335 e. The fourth-order valence-electron chi connectivity index (χ4n) is 4.49. The maximum absolute atomic E-state index is 13.0. The standard InChI is InChI=1S/C28H24N4O4S/c1-17-15-18(27(34)35)10-11-20(17)22-12-13-23(36-22)26-25(21-9-5-6-14-29-21)31-28(37)32(26)16-24(33)30-19-7-3-2-4-8-19/h2-15,25-26H,16H2,1H3,(H,30,33)(H,31,37)(H,34,35)/t25-,26-/m0/s1. The molecule has 2 atom stereocenters. The average Bonchev–Trinajstić information content (AvgIpc) is 3.49. The molecular weight excluding hydrogens is 488 g/mol. The van der Waals surface area contributed by atoms with Crippen LogP contribution in [0.5, 0.6) is 0 Å². The number of carboxylic acid groups (broad SMARTS) is 1. The summed E-state index contributed by atoms with van der Waals surface area (Å²) in [5, 5.41) is 15.9. The summed E-state index contributed by atoms with van der Waals surface area (Å²) in [5.41, 5.74) is 3.24. The lowest BCUT2D eigenvalue weighted by Gasteiger charge is -2.25. The molecule has 1 fully saturated rings. The Hall–Kier alpha value is -4.50. The summed E-state index contributed by atoms with van der Waals surface area (Å²) in [5.74, 6) is -0.000190. The number of nitrogens with one attached hydrogen (secondary N) is 2. The van der Waals surface area contributed by atoms with Crippen molar-refractivity contribution in [1.29, 1.82) is 0 Å². The lowest BCUT2D eigenvalue weighted by atomic mass is 10.0. The summed E-state index contributed by atoms with van der Waals surface area (Å²) < 4.78 is 6.32. The molecule has 4 aromatic rings.